The standard InChI is InChI=1S/C15H20ClNO.C2HF3O2/c1-11(12-7-9-14(16)10-8-12)17-15(18)13-5-3-2-4-6-13;3-2(4,5)1(6)7/h7-11,13H,2-6H2,1H3,(H,17,18);(H,6,7)/t11-;/m1./s1. The molecule has 2 rings (SSSR count). The van der Waals surface area contributed by atoms with Crippen LogP contribution in [0.25, 0.3) is 0 Å². The Labute approximate surface area is 149 Å². The van der Waals surface area contributed by atoms with Gasteiger partial charge in [0.25, 0.3) is 0 Å². The van der Waals surface area contributed by atoms with Gasteiger partial charge in [0.05, 0.1) is 6.04 Å². The Kier molecular flexibility index (Phi) is 8.22. The molecule has 1 aliphatic carbocycles. The zero-order valence-corrected chi connectivity index (χ0v) is 14.5. The number of alkyl halides is 3. The highest BCUT2D eigenvalue weighted by Crippen LogP contribution is 2.25. The van der Waals surface area contributed by atoms with Crippen LogP contribution in [0.15, 0.2) is 24.3 Å². The minimum absolute atomic E-state index is 0.0525. The van der Waals surface area contributed by atoms with Gasteiger partial charge in [-0.1, -0.05) is 43.0 Å². The lowest BCUT2D eigenvalue weighted by Gasteiger charge is -2.23. The van der Waals surface area contributed by atoms with Crippen LogP contribution < -0.4 is 5.32 Å². The van der Waals surface area contributed by atoms with Crippen molar-refractivity contribution in [3.63, 3.8) is 0 Å². The van der Waals surface area contributed by atoms with E-state index in [-0.39, 0.29) is 17.9 Å². The molecule has 1 fully saturated rings. The minimum Gasteiger partial charge on any atom is -0.475 e. The largest absolute Gasteiger partial charge is 0.490 e. The van der Waals surface area contributed by atoms with E-state index in [1.54, 1.807) is 0 Å². The molecular formula is C17H21ClF3NO3. The highest BCUT2D eigenvalue weighted by Gasteiger charge is 2.38. The van der Waals surface area contributed by atoms with Gasteiger partial charge < -0.3 is 10.4 Å². The second kappa shape index (κ2) is 9.65. The molecule has 0 spiro atoms. The van der Waals surface area contributed by atoms with Crippen LogP contribution in [0.1, 0.15) is 50.6 Å². The topological polar surface area (TPSA) is 66.4 Å². The van der Waals surface area contributed by atoms with Gasteiger partial charge in [-0.2, -0.15) is 13.2 Å². The van der Waals surface area contributed by atoms with Gasteiger partial charge in [0.2, 0.25) is 5.91 Å². The van der Waals surface area contributed by atoms with Crippen molar-refractivity contribution in [1.29, 1.82) is 0 Å². The van der Waals surface area contributed by atoms with E-state index in [9.17, 15) is 18.0 Å². The molecule has 0 unspecified atom stereocenters. The molecule has 25 heavy (non-hydrogen) atoms. The zero-order valence-electron chi connectivity index (χ0n) is 13.8. The van der Waals surface area contributed by atoms with E-state index in [0.717, 1.165) is 23.4 Å². The Bertz CT molecular complexity index is 569. The Morgan fingerprint density at radius 2 is 1.64 bits per heavy atom. The van der Waals surface area contributed by atoms with Crippen molar-refractivity contribution >= 4 is 23.5 Å². The first-order valence-electron chi connectivity index (χ1n) is 7.97. The number of rotatable bonds is 3. The fraction of sp³-hybridized carbons (Fsp3) is 0.529. The summed E-state index contributed by atoms with van der Waals surface area (Å²) in [4.78, 5) is 21.0. The van der Waals surface area contributed by atoms with Crippen molar-refractivity contribution < 1.29 is 27.9 Å². The number of amides is 1. The summed E-state index contributed by atoms with van der Waals surface area (Å²) in [6.45, 7) is 2.02. The fourth-order valence-corrected chi connectivity index (χ4v) is 2.66. The van der Waals surface area contributed by atoms with Crippen LogP contribution in [0.2, 0.25) is 5.02 Å². The van der Waals surface area contributed by atoms with Gasteiger partial charge in [0.15, 0.2) is 0 Å². The normalized spacial score (nSPS) is 16.4. The predicted octanol–water partition coefficient (Wildman–Crippen LogP) is 4.73. The van der Waals surface area contributed by atoms with Crippen molar-refractivity contribution in [2.24, 2.45) is 5.92 Å². The Morgan fingerprint density at radius 3 is 2.08 bits per heavy atom. The van der Waals surface area contributed by atoms with Crippen LogP contribution in [0.4, 0.5) is 13.2 Å². The summed E-state index contributed by atoms with van der Waals surface area (Å²) in [7, 11) is 0. The van der Waals surface area contributed by atoms with Crippen LogP contribution in [-0.2, 0) is 9.59 Å². The molecular weight excluding hydrogens is 359 g/mol. The maximum Gasteiger partial charge on any atom is 0.490 e. The van der Waals surface area contributed by atoms with Crippen LogP contribution >= 0.6 is 11.6 Å². The first-order valence-corrected chi connectivity index (χ1v) is 8.35. The van der Waals surface area contributed by atoms with E-state index in [2.05, 4.69) is 5.32 Å². The van der Waals surface area contributed by atoms with E-state index in [1.165, 1.54) is 19.3 Å². The second-order valence-corrected chi connectivity index (χ2v) is 6.36. The van der Waals surface area contributed by atoms with E-state index >= 15 is 0 Å². The number of hydrogen-bond acceptors (Lipinski definition) is 2. The Morgan fingerprint density at radius 1 is 1.16 bits per heavy atom. The Balaban J connectivity index is 0.000000381. The van der Waals surface area contributed by atoms with Crippen molar-refractivity contribution in [1.82, 2.24) is 5.32 Å². The fourth-order valence-electron chi connectivity index (χ4n) is 2.53. The molecule has 0 bridgehead atoms. The summed E-state index contributed by atoms with van der Waals surface area (Å²) in [6, 6.07) is 7.71. The highest BCUT2D eigenvalue weighted by atomic mass is 35.5. The molecule has 0 aromatic heterocycles. The summed E-state index contributed by atoms with van der Waals surface area (Å²) in [5.74, 6) is -2.34. The van der Waals surface area contributed by atoms with Crippen molar-refractivity contribution in [2.45, 2.75) is 51.2 Å². The number of halogens is 4. The highest BCUT2D eigenvalue weighted by molar-refractivity contribution is 6.30. The number of aliphatic carboxylic acids is 1. The van der Waals surface area contributed by atoms with E-state index in [4.69, 9.17) is 21.5 Å². The molecule has 2 N–H and O–H groups in total. The third-order valence-corrected chi connectivity index (χ3v) is 4.20. The molecule has 1 saturated carbocycles. The maximum atomic E-state index is 12.1. The SMILES string of the molecule is C[C@@H](NC(=O)C1CCCCC1)c1ccc(Cl)cc1.O=C(O)C(F)(F)F. The average Bonchev–Trinajstić information content (AvgIpc) is 2.56. The third-order valence-electron chi connectivity index (χ3n) is 3.95. The molecule has 1 aromatic rings. The van der Waals surface area contributed by atoms with Crippen LogP contribution in [-0.4, -0.2) is 23.2 Å². The molecule has 0 heterocycles. The summed E-state index contributed by atoms with van der Waals surface area (Å²) < 4.78 is 31.7. The number of carboxylic acids is 1. The van der Waals surface area contributed by atoms with Crippen molar-refractivity contribution in [3.8, 4) is 0 Å². The molecule has 4 nitrogen and oxygen atoms in total. The summed E-state index contributed by atoms with van der Waals surface area (Å²) in [5.41, 5.74) is 1.10. The average molecular weight is 380 g/mol. The molecule has 1 amide bonds. The second-order valence-electron chi connectivity index (χ2n) is 5.92. The summed E-state index contributed by atoms with van der Waals surface area (Å²) in [6.07, 6.45) is 0.648. The van der Waals surface area contributed by atoms with Gasteiger partial charge in [0.1, 0.15) is 0 Å². The van der Waals surface area contributed by atoms with Gasteiger partial charge in [0, 0.05) is 10.9 Å². The van der Waals surface area contributed by atoms with Gasteiger partial charge in [-0.05, 0) is 37.5 Å². The number of carbonyl (C=O) groups excluding carboxylic acids is 1. The van der Waals surface area contributed by atoms with Gasteiger partial charge in [-0.3, -0.25) is 4.79 Å². The molecule has 1 atom stereocenters. The quantitative estimate of drug-likeness (QED) is 0.797. The predicted molar refractivity (Wildman–Crippen MR) is 88.3 cm³/mol. The maximum absolute atomic E-state index is 12.1. The molecule has 0 radical (unpaired) electrons. The lowest BCUT2D eigenvalue weighted by molar-refractivity contribution is -0.192. The van der Waals surface area contributed by atoms with Gasteiger partial charge >= 0.3 is 12.1 Å². The number of carbonyl (C=O) groups is 2. The Hall–Kier alpha value is -1.76. The molecule has 140 valence electrons. The van der Waals surface area contributed by atoms with Crippen molar-refractivity contribution in [3.05, 3.63) is 34.9 Å². The summed E-state index contributed by atoms with van der Waals surface area (Å²) in [5, 5.41) is 11.0. The van der Waals surface area contributed by atoms with Crippen LogP contribution in [0.3, 0.4) is 0 Å². The number of hydrogen-bond donors (Lipinski definition) is 2. The van der Waals surface area contributed by atoms with Crippen molar-refractivity contribution in [2.75, 3.05) is 0 Å². The zero-order chi connectivity index (χ0) is 19.0. The molecule has 0 aliphatic heterocycles. The first-order chi connectivity index (χ1) is 11.6. The lowest BCUT2D eigenvalue weighted by atomic mass is 9.88. The van der Waals surface area contributed by atoms with Gasteiger partial charge in [-0.25, -0.2) is 4.79 Å². The molecule has 0 saturated heterocycles. The van der Waals surface area contributed by atoms with Crippen LogP contribution in [0, 0.1) is 5.92 Å². The summed E-state index contributed by atoms with van der Waals surface area (Å²) >= 11 is 5.86. The molecule has 1 aromatic carbocycles. The van der Waals surface area contributed by atoms with Gasteiger partial charge in [-0.15, -0.1) is 0 Å². The smallest absolute Gasteiger partial charge is 0.475 e. The van der Waals surface area contributed by atoms with E-state index in [0.29, 0.717) is 0 Å². The van der Waals surface area contributed by atoms with E-state index < -0.39 is 12.1 Å². The number of nitrogens with one attached hydrogen (secondary N) is 1. The van der Waals surface area contributed by atoms with Crippen LogP contribution in [0.5, 0.6) is 0 Å². The monoisotopic (exact) mass is 379 g/mol. The first kappa shape index (κ1) is 21.3. The molecule has 1 aliphatic rings. The van der Waals surface area contributed by atoms with E-state index in [1.807, 2.05) is 31.2 Å². The number of benzene rings is 1. The lowest BCUT2D eigenvalue weighted by Crippen LogP contribution is -2.33. The minimum atomic E-state index is -5.08. The number of carboxylic acid groups (broad SMARTS) is 1. The molecule has 8 heteroatoms. The third kappa shape index (κ3) is 7.77.